The summed E-state index contributed by atoms with van der Waals surface area (Å²) in [6.07, 6.45) is 4.92. The summed E-state index contributed by atoms with van der Waals surface area (Å²) in [7, 11) is 0. The quantitative estimate of drug-likeness (QED) is 0.724. The van der Waals surface area contributed by atoms with E-state index in [4.69, 9.17) is 9.84 Å². The van der Waals surface area contributed by atoms with Crippen LogP contribution < -0.4 is 10.1 Å². The van der Waals surface area contributed by atoms with Crippen LogP contribution in [-0.4, -0.2) is 29.8 Å². The van der Waals surface area contributed by atoms with E-state index < -0.39 is 0 Å². The summed E-state index contributed by atoms with van der Waals surface area (Å²) in [6, 6.07) is 7.67. The van der Waals surface area contributed by atoms with Crippen LogP contribution in [0.15, 0.2) is 30.3 Å². The average molecular weight is 291 g/mol. The van der Waals surface area contributed by atoms with E-state index >= 15 is 0 Å². The Morgan fingerprint density at radius 1 is 1.29 bits per heavy atom. The van der Waals surface area contributed by atoms with Gasteiger partial charge in [0, 0.05) is 18.7 Å². The van der Waals surface area contributed by atoms with Gasteiger partial charge in [0.2, 0.25) is 5.91 Å². The minimum Gasteiger partial charge on any atom is -0.491 e. The lowest BCUT2D eigenvalue weighted by Crippen LogP contribution is -2.31. The molecule has 4 heteroatoms. The van der Waals surface area contributed by atoms with Crippen molar-refractivity contribution in [3.63, 3.8) is 0 Å². The zero-order valence-corrected chi connectivity index (χ0v) is 13.0. The molecule has 0 saturated carbocycles. The van der Waals surface area contributed by atoms with Crippen molar-refractivity contribution in [3.8, 4) is 5.75 Å². The number of hydrogen-bond donors (Lipinski definition) is 2. The van der Waals surface area contributed by atoms with Gasteiger partial charge in [-0.25, -0.2) is 0 Å². The topological polar surface area (TPSA) is 58.6 Å². The second-order valence-electron chi connectivity index (χ2n) is 5.34. The third kappa shape index (κ3) is 7.51. The molecule has 0 fully saturated rings. The Bertz CT molecular complexity index is 452. The van der Waals surface area contributed by atoms with Gasteiger partial charge in [-0.05, 0) is 57.4 Å². The van der Waals surface area contributed by atoms with Crippen LogP contribution in [0, 0.1) is 0 Å². The van der Waals surface area contributed by atoms with Crippen molar-refractivity contribution < 1.29 is 14.6 Å². The van der Waals surface area contributed by atoms with E-state index in [2.05, 4.69) is 5.32 Å². The van der Waals surface area contributed by atoms with E-state index in [1.54, 1.807) is 6.08 Å². The summed E-state index contributed by atoms with van der Waals surface area (Å²) in [5.74, 6) is 0.701. The zero-order chi connectivity index (χ0) is 15.7. The molecule has 0 radical (unpaired) electrons. The van der Waals surface area contributed by atoms with Gasteiger partial charge < -0.3 is 15.2 Å². The van der Waals surface area contributed by atoms with E-state index in [9.17, 15) is 4.79 Å². The molecule has 1 unspecified atom stereocenters. The summed E-state index contributed by atoms with van der Waals surface area (Å²) >= 11 is 0. The molecule has 0 saturated heterocycles. The largest absolute Gasteiger partial charge is 0.491 e. The lowest BCUT2D eigenvalue weighted by Gasteiger charge is -2.11. The van der Waals surface area contributed by atoms with Crippen LogP contribution in [0.2, 0.25) is 0 Å². The molecular formula is C17H25NO3. The monoisotopic (exact) mass is 291 g/mol. The molecule has 0 bridgehead atoms. The Morgan fingerprint density at radius 3 is 2.52 bits per heavy atom. The second kappa shape index (κ2) is 9.19. The molecule has 4 nitrogen and oxygen atoms in total. The summed E-state index contributed by atoms with van der Waals surface area (Å²) in [5, 5.41) is 11.6. The molecule has 2 N–H and O–H groups in total. The molecule has 0 aliphatic carbocycles. The Hall–Kier alpha value is -1.81. The molecule has 1 atom stereocenters. The van der Waals surface area contributed by atoms with Crippen LogP contribution in [-0.2, 0) is 4.79 Å². The predicted octanol–water partition coefficient (Wildman–Crippen LogP) is 2.76. The van der Waals surface area contributed by atoms with Crippen molar-refractivity contribution in [2.24, 2.45) is 0 Å². The number of carbonyl (C=O) groups is 1. The van der Waals surface area contributed by atoms with Crippen molar-refractivity contribution in [1.82, 2.24) is 5.32 Å². The molecule has 0 spiro atoms. The van der Waals surface area contributed by atoms with Crippen LogP contribution >= 0.6 is 0 Å². The number of benzene rings is 1. The SMILES string of the molecule is CC(CCCO)NC(=O)/C=C/c1ccc(OC(C)C)cc1. The minimum atomic E-state index is -0.122. The summed E-state index contributed by atoms with van der Waals surface area (Å²) in [6.45, 7) is 6.05. The van der Waals surface area contributed by atoms with Gasteiger partial charge in [-0.3, -0.25) is 4.79 Å². The van der Waals surface area contributed by atoms with Crippen LogP contribution in [0.5, 0.6) is 5.75 Å². The number of amides is 1. The summed E-state index contributed by atoms with van der Waals surface area (Å²) in [4.78, 5) is 11.7. The highest BCUT2D eigenvalue weighted by Crippen LogP contribution is 2.14. The lowest BCUT2D eigenvalue weighted by atomic mass is 10.2. The molecular weight excluding hydrogens is 266 g/mol. The Labute approximate surface area is 126 Å². The number of aliphatic hydroxyl groups is 1. The van der Waals surface area contributed by atoms with E-state index in [1.807, 2.05) is 45.0 Å². The molecule has 0 heterocycles. The first kappa shape index (κ1) is 17.2. The van der Waals surface area contributed by atoms with Crippen molar-refractivity contribution in [2.75, 3.05) is 6.61 Å². The van der Waals surface area contributed by atoms with E-state index in [0.717, 1.165) is 17.7 Å². The standard InChI is InChI=1S/C17H25NO3/c1-13(2)21-16-9-6-15(7-10-16)8-11-17(20)18-14(3)5-4-12-19/h6-11,13-14,19H,4-5,12H2,1-3H3,(H,18,20)/b11-8+. The summed E-state index contributed by atoms with van der Waals surface area (Å²) in [5.41, 5.74) is 0.948. The molecule has 1 aromatic carbocycles. The van der Waals surface area contributed by atoms with E-state index in [-0.39, 0.29) is 24.7 Å². The average Bonchev–Trinajstić information content (AvgIpc) is 2.44. The van der Waals surface area contributed by atoms with E-state index in [0.29, 0.717) is 6.42 Å². The highest BCUT2D eigenvalue weighted by Gasteiger charge is 2.03. The van der Waals surface area contributed by atoms with Gasteiger partial charge in [0.25, 0.3) is 0 Å². The number of nitrogens with one attached hydrogen (secondary N) is 1. The first-order valence-corrected chi connectivity index (χ1v) is 7.37. The molecule has 1 amide bonds. The first-order chi connectivity index (χ1) is 10.0. The predicted molar refractivity (Wildman–Crippen MR) is 85.2 cm³/mol. The molecule has 1 aromatic rings. The van der Waals surface area contributed by atoms with Gasteiger partial charge in [0.1, 0.15) is 5.75 Å². The number of rotatable bonds is 8. The lowest BCUT2D eigenvalue weighted by molar-refractivity contribution is -0.117. The van der Waals surface area contributed by atoms with Crippen LogP contribution in [0.25, 0.3) is 6.08 Å². The molecule has 0 aliphatic rings. The highest BCUT2D eigenvalue weighted by molar-refractivity contribution is 5.91. The second-order valence-corrected chi connectivity index (χ2v) is 5.34. The Balaban J connectivity index is 2.46. The van der Waals surface area contributed by atoms with Gasteiger partial charge >= 0.3 is 0 Å². The van der Waals surface area contributed by atoms with Gasteiger partial charge in [0.05, 0.1) is 6.10 Å². The number of hydrogen-bond acceptors (Lipinski definition) is 3. The normalized spacial score (nSPS) is 12.6. The van der Waals surface area contributed by atoms with Crippen LogP contribution in [0.4, 0.5) is 0 Å². The minimum absolute atomic E-state index is 0.0658. The van der Waals surface area contributed by atoms with Crippen molar-refractivity contribution in [3.05, 3.63) is 35.9 Å². The number of ether oxygens (including phenoxy) is 1. The fourth-order valence-electron chi connectivity index (χ4n) is 1.86. The Kier molecular flexibility index (Phi) is 7.54. The third-order valence-corrected chi connectivity index (χ3v) is 2.86. The maximum atomic E-state index is 11.7. The fourth-order valence-corrected chi connectivity index (χ4v) is 1.86. The summed E-state index contributed by atoms with van der Waals surface area (Å²) < 4.78 is 5.56. The fraction of sp³-hybridized carbons (Fsp3) is 0.471. The maximum Gasteiger partial charge on any atom is 0.244 e. The molecule has 1 rings (SSSR count). The van der Waals surface area contributed by atoms with Gasteiger partial charge in [0.15, 0.2) is 0 Å². The van der Waals surface area contributed by atoms with Crippen LogP contribution in [0.1, 0.15) is 39.2 Å². The van der Waals surface area contributed by atoms with E-state index in [1.165, 1.54) is 6.08 Å². The first-order valence-electron chi connectivity index (χ1n) is 7.37. The number of carbonyl (C=O) groups excluding carboxylic acids is 1. The highest BCUT2D eigenvalue weighted by atomic mass is 16.5. The zero-order valence-electron chi connectivity index (χ0n) is 13.0. The Morgan fingerprint density at radius 2 is 1.95 bits per heavy atom. The smallest absolute Gasteiger partial charge is 0.244 e. The molecule has 0 aromatic heterocycles. The van der Waals surface area contributed by atoms with Crippen molar-refractivity contribution in [2.45, 2.75) is 45.8 Å². The van der Waals surface area contributed by atoms with Crippen molar-refractivity contribution in [1.29, 1.82) is 0 Å². The molecule has 0 aliphatic heterocycles. The van der Waals surface area contributed by atoms with Gasteiger partial charge in [-0.15, -0.1) is 0 Å². The maximum absolute atomic E-state index is 11.7. The van der Waals surface area contributed by atoms with Gasteiger partial charge in [-0.2, -0.15) is 0 Å². The van der Waals surface area contributed by atoms with Crippen LogP contribution in [0.3, 0.4) is 0 Å². The molecule has 21 heavy (non-hydrogen) atoms. The van der Waals surface area contributed by atoms with Gasteiger partial charge in [-0.1, -0.05) is 12.1 Å². The van der Waals surface area contributed by atoms with Crippen molar-refractivity contribution >= 4 is 12.0 Å². The third-order valence-electron chi connectivity index (χ3n) is 2.86. The molecule has 116 valence electrons. The number of aliphatic hydroxyl groups excluding tert-OH is 1.